The first-order chi connectivity index (χ1) is 6.94. The van der Waals surface area contributed by atoms with Crippen LogP contribution >= 0.6 is 0 Å². The third-order valence-corrected chi connectivity index (χ3v) is 3.34. The normalized spacial score (nSPS) is 23.9. The highest BCUT2D eigenvalue weighted by Gasteiger charge is 2.27. The Morgan fingerprint density at radius 3 is 2.73 bits per heavy atom. The van der Waals surface area contributed by atoms with Crippen molar-refractivity contribution in [3.05, 3.63) is 0 Å². The molecule has 1 N–H and O–H groups in total. The van der Waals surface area contributed by atoms with E-state index < -0.39 is 0 Å². The molecule has 0 aromatic rings. The number of nitrogens with zero attached hydrogens (tertiary/aromatic N) is 1. The van der Waals surface area contributed by atoms with Gasteiger partial charge in [-0.15, -0.1) is 0 Å². The summed E-state index contributed by atoms with van der Waals surface area (Å²) in [6.45, 7) is 8.30. The second-order valence-electron chi connectivity index (χ2n) is 5.33. The van der Waals surface area contributed by atoms with Crippen LogP contribution in [0.4, 0.5) is 0 Å². The van der Waals surface area contributed by atoms with Gasteiger partial charge in [-0.05, 0) is 46.7 Å². The minimum atomic E-state index is -0.0624. The molecule has 1 unspecified atom stereocenters. The SMILES string of the molecule is CCC(C)(C)NC(=O)C1CCCN(C)C1. The Labute approximate surface area is 93.2 Å². The van der Waals surface area contributed by atoms with Crippen molar-refractivity contribution in [2.45, 2.75) is 45.6 Å². The van der Waals surface area contributed by atoms with Gasteiger partial charge in [-0.25, -0.2) is 0 Å². The highest BCUT2D eigenvalue weighted by atomic mass is 16.2. The molecular formula is C12H24N2O. The van der Waals surface area contributed by atoms with E-state index in [0.29, 0.717) is 0 Å². The molecule has 1 heterocycles. The molecule has 15 heavy (non-hydrogen) atoms. The van der Waals surface area contributed by atoms with Gasteiger partial charge in [0.05, 0.1) is 5.92 Å². The number of likely N-dealkylation sites (tertiary alicyclic amines) is 1. The van der Waals surface area contributed by atoms with E-state index in [1.54, 1.807) is 0 Å². The first-order valence-corrected chi connectivity index (χ1v) is 5.95. The quantitative estimate of drug-likeness (QED) is 0.771. The van der Waals surface area contributed by atoms with Gasteiger partial charge >= 0.3 is 0 Å². The van der Waals surface area contributed by atoms with E-state index in [4.69, 9.17) is 0 Å². The van der Waals surface area contributed by atoms with E-state index >= 15 is 0 Å². The van der Waals surface area contributed by atoms with Crippen LogP contribution in [0, 0.1) is 5.92 Å². The minimum Gasteiger partial charge on any atom is -0.351 e. The van der Waals surface area contributed by atoms with Gasteiger partial charge in [-0.1, -0.05) is 6.92 Å². The van der Waals surface area contributed by atoms with Crippen LogP contribution in [0.1, 0.15) is 40.0 Å². The van der Waals surface area contributed by atoms with Gasteiger partial charge in [0.2, 0.25) is 5.91 Å². The monoisotopic (exact) mass is 212 g/mol. The number of rotatable bonds is 3. The Morgan fingerprint density at radius 1 is 1.53 bits per heavy atom. The highest BCUT2D eigenvalue weighted by molar-refractivity contribution is 5.79. The lowest BCUT2D eigenvalue weighted by Crippen LogP contribution is -2.49. The molecule has 1 aliphatic heterocycles. The minimum absolute atomic E-state index is 0.0624. The third kappa shape index (κ3) is 3.82. The number of hydrogen-bond donors (Lipinski definition) is 1. The Morgan fingerprint density at radius 2 is 2.20 bits per heavy atom. The molecule has 3 heteroatoms. The summed E-state index contributed by atoms with van der Waals surface area (Å²) in [5.74, 6) is 0.419. The van der Waals surface area contributed by atoms with Gasteiger partial charge in [0.25, 0.3) is 0 Å². The lowest BCUT2D eigenvalue weighted by Gasteiger charge is -2.32. The molecule has 1 saturated heterocycles. The molecule has 0 radical (unpaired) electrons. The zero-order valence-electron chi connectivity index (χ0n) is 10.5. The summed E-state index contributed by atoms with van der Waals surface area (Å²) < 4.78 is 0. The van der Waals surface area contributed by atoms with E-state index in [1.807, 2.05) is 0 Å². The van der Waals surface area contributed by atoms with Crippen LogP contribution in [0.15, 0.2) is 0 Å². The number of hydrogen-bond acceptors (Lipinski definition) is 2. The number of carbonyl (C=O) groups is 1. The summed E-state index contributed by atoms with van der Waals surface area (Å²) in [6, 6.07) is 0. The number of piperidine rings is 1. The van der Waals surface area contributed by atoms with Crippen molar-refractivity contribution >= 4 is 5.91 Å². The van der Waals surface area contributed by atoms with Crippen molar-refractivity contribution in [1.29, 1.82) is 0 Å². The number of nitrogens with one attached hydrogen (secondary N) is 1. The molecule has 1 aliphatic rings. The average molecular weight is 212 g/mol. The van der Waals surface area contributed by atoms with Crippen LogP contribution in [0.3, 0.4) is 0 Å². The number of carbonyl (C=O) groups excluding carboxylic acids is 1. The first kappa shape index (κ1) is 12.5. The zero-order valence-corrected chi connectivity index (χ0v) is 10.5. The largest absolute Gasteiger partial charge is 0.351 e. The Kier molecular flexibility index (Phi) is 4.14. The molecule has 1 atom stereocenters. The molecule has 88 valence electrons. The predicted molar refractivity (Wildman–Crippen MR) is 62.7 cm³/mol. The molecule has 0 aliphatic carbocycles. The van der Waals surface area contributed by atoms with E-state index in [1.165, 1.54) is 0 Å². The molecule has 1 fully saturated rings. The lowest BCUT2D eigenvalue weighted by molar-refractivity contribution is -0.128. The summed E-state index contributed by atoms with van der Waals surface area (Å²) in [4.78, 5) is 14.2. The number of amides is 1. The summed E-state index contributed by atoms with van der Waals surface area (Å²) in [6.07, 6.45) is 3.15. The maximum absolute atomic E-state index is 12.0. The van der Waals surface area contributed by atoms with E-state index in [9.17, 15) is 4.79 Å². The zero-order chi connectivity index (χ0) is 11.5. The molecule has 0 saturated carbocycles. The summed E-state index contributed by atoms with van der Waals surface area (Å²) in [7, 11) is 2.09. The maximum atomic E-state index is 12.0. The van der Waals surface area contributed by atoms with Crippen LogP contribution < -0.4 is 5.32 Å². The van der Waals surface area contributed by atoms with Crippen molar-refractivity contribution in [3.63, 3.8) is 0 Å². The van der Waals surface area contributed by atoms with Crippen molar-refractivity contribution < 1.29 is 4.79 Å². The van der Waals surface area contributed by atoms with Crippen LogP contribution in [0.5, 0.6) is 0 Å². The lowest BCUT2D eigenvalue weighted by atomic mass is 9.95. The maximum Gasteiger partial charge on any atom is 0.224 e. The molecule has 3 nitrogen and oxygen atoms in total. The van der Waals surface area contributed by atoms with Crippen LogP contribution in [-0.4, -0.2) is 36.5 Å². The van der Waals surface area contributed by atoms with Crippen LogP contribution in [0.25, 0.3) is 0 Å². The highest BCUT2D eigenvalue weighted by Crippen LogP contribution is 2.17. The van der Waals surface area contributed by atoms with Gasteiger partial charge in [0.15, 0.2) is 0 Å². The van der Waals surface area contributed by atoms with Crippen molar-refractivity contribution in [3.8, 4) is 0 Å². The first-order valence-electron chi connectivity index (χ1n) is 5.95. The van der Waals surface area contributed by atoms with Gasteiger partial charge in [-0.3, -0.25) is 4.79 Å². The molecule has 0 bridgehead atoms. The van der Waals surface area contributed by atoms with Crippen LogP contribution in [-0.2, 0) is 4.79 Å². The van der Waals surface area contributed by atoms with Crippen molar-refractivity contribution in [2.75, 3.05) is 20.1 Å². The fraction of sp³-hybridized carbons (Fsp3) is 0.917. The second kappa shape index (κ2) is 4.97. The van der Waals surface area contributed by atoms with Crippen LogP contribution in [0.2, 0.25) is 0 Å². The molecule has 0 spiro atoms. The fourth-order valence-corrected chi connectivity index (χ4v) is 1.90. The van der Waals surface area contributed by atoms with Crippen molar-refractivity contribution in [1.82, 2.24) is 10.2 Å². The van der Waals surface area contributed by atoms with Gasteiger partial charge in [0.1, 0.15) is 0 Å². The Balaban J connectivity index is 2.46. The molecular weight excluding hydrogens is 188 g/mol. The van der Waals surface area contributed by atoms with E-state index in [2.05, 4.69) is 38.0 Å². The van der Waals surface area contributed by atoms with Crippen molar-refractivity contribution in [2.24, 2.45) is 5.92 Å². The fourth-order valence-electron chi connectivity index (χ4n) is 1.90. The summed E-state index contributed by atoms with van der Waals surface area (Å²) in [5, 5.41) is 3.13. The predicted octanol–water partition coefficient (Wildman–Crippen LogP) is 1.63. The summed E-state index contributed by atoms with van der Waals surface area (Å²) >= 11 is 0. The summed E-state index contributed by atoms with van der Waals surface area (Å²) in [5.41, 5.74) is -0.0624. The third-order valence-electron chi connectivity index (χ3n) is 3.34. The Bertz CT molecular complexity index is 226. The van der Waals surface area contributed by atoms with Gasteiger partial charge < -0.3 is 10.2 Å². The topological polar surface area (TPSA) is 32.3 Å². The average Bonchev–Trinajstić information content (AvgIpc) is 2.17. The standard InChI is InChI=1S/C12H24N2O/c1-5-12(2,3)13-11(15)10-7-6-8-14(4)9-10/h10H,5-9H2,1-4H3,(H,13,15). The molecule has 0 aromatic carbocycles. The second-order valence-corrected chi connectivity index (χ2v) is 5.33. The van der Waals surface area contributed by atoms with Gasteiger partial charge in [0, 0.05) is 12.1 Å². The molecule has 0 aromatic heterocycles. The Hall–Kier alpha value is -0.570. The molecule has 1 amide bonds. The van der Waals surface area contributed by atoms with Gasteiger partial charge in [-0.2, -0.15) is 0 Å². The molecule has 1 rings (SSSR count). The van der Waals surface area contributed by atoms with E-state index in [-0.39, 0.29) is 17.4 Å². The smallest absolute Gasteiger partial charge is 0.224 e. The van der Waals surface area contributed by atoms with E-state index in [0.717, 1.165) is 32.4 Å².